The molecule has 0 heterocycles. The first kappa shape index (κ1) is 15.0. The summed E-state index contributed by atoms with van der Waals surface area (Å²) in [5.74, 6) is 0.197. The topological polar surface area (TPSA) is 9.23 Å². The summed E-state index contributed by atoms with van der Waals surface area (Å²) in [5, 5.41) is 0. The Balaban J connectivity index is 2.37. The second kappa shape index (κ2) is 6.35. The standard InChI is InChI=1S/C16H15BrF2O/c1-10-7-8-12(9-11(10)2)15(17)13-5-3-4-6-14(13)20-16(18)19/h3-9,15-16H,1-2H3. The number of benzene rings is 2. The van der Waals surface area contributed by atoms with E-state index in [0.717, 1.165) is 5.56 Å². The van der Waals surface area contributed by atoms with Crippen molar-refractivity contribution in [2.45, 2.75) is 25.3 Å². The summed E-state index contributed by atoms with van der Waals surface area (Å²) < 4.78 is 29.5. The van der Waals surface area contributed by atoms with Crippen LogP contribution >= 0.6 is 15.9 Å². The summed E-state index contributed by atoms with van der Waals surface area (Å²) in [7, 11) is 0. The van der Waals surface area contributed by atoms with Crippen molar-refractivity contribution in [1.29, 1.82) is 0 Å². The quantitative estimate of drug-likeness (QED) is 0.678. The van der Waals surface area contributed by atoms with Gasteiger partial charge in [0, 0.05) is 5.56 Å². The molecule has 0 spiro atoms. The van der Waals surface area contributed by atoms with Gasteiger partial charge < -0.3 is 4.74 Å². The van der Waals surface area contributed by atoms with Gasteiger partial charge in [-0.2, -0.15) is 8.78 Å². The fraction of sp³-hybridized carbons (Fsp3) is 0.250. The molecule has 0 saturated carbocycles. The van der Waals surface area contributed by atoms with Crippen LogP contribution in [0, 0.1) is 13.8 Å². The number of hydrogen-bond acceptors (Lipinski definition) is 1. The van der Waals surface area contributed by atoms with E-state index in [1.54, 1.807) is 18.2 Å². The lowest BCUT2D eigenvalue weighted by molar-refractivity contribution is -0.0503. The number of rotatable bonds is 4. The molecular formula is C16H15BrF2O. The van der Waals surface area contributed by atoms with E-state index in [2.05, 4.69) is 20.7 Å². The van der Waals surface area contributed by atoms with Crippen LogP contribution < -0.4 is 4.74 Å². The fourth-order valence-electron chi connectivity index (χ4n) is 2.00. The molecule has 0 N–H and O–H groups in total. The van der Waals surface area contributed by atoms with E-state index in [1.807, 2.05) is 38.1 Å². The van der Waals surface area contributed by atoms with Crippen LogP contribution in [0.25, 0.3) is 0 Å². The smallest absolute Gasteiger partial charge is 0.387 e. The number of aryl methyl sites for hydroxylation is 2. The Morgan fingerprint density at radius 1 is 1.00 bits per heavy atom. The second-order valence-electron chi connectivity index (χ2n) is 4.62. The maximum atomic E-state index is 12.4. The number of halogens is 3. The molecule has 4 heteroatoms. The number of alkyl halides is 3. The normalized spacial score (nSPS) is 12.5. The molecule has 20 heavy (non-hydrogen) atoms. The van der Waals surface area contributed by atoms with Gasteiger partial charge in [0.1, 0.15) is 5.75 Å². The number of hydrogen-bond donors (Lipinski definition) is 0. The highest BCUT2D eigenvalue weighted by molar-refractivity contribution is 9.09. The molecule has 1 unspecified atom stereocenters. The second-order valence-corrected chi connectivity index (χ2v) is 5.54. The van der Waals surface area contributed by atoms with Gasteiger partial charge in [0.15, 0.2) is 0 Å². The Bertz CT molecular complexity index is 599. The Morgan fingerprint density at radius 3 is 2.35 bits per heavy atom. The lowest BCUT2D eigenvalue weighted by Crippen LogP contribution is -2.05. The highest BCUT2D eigenvalue weighted by Gasteiger charge is 2.17. The van der Waals surface area contributed by atoms with E-state index in [0.29, 0.717) is 5.56 Å². The molecule has 0 aliphatic heterocycles. The summed E-state index contributed by atoms with van der Waals surface area (Å²) in [5.41, 5.74) is 4.07. The zero-order valence-corrected chi connectivity index (χ0v) is 12.8. The maximum absolute atomic E-state index is 12.4. The molecule has 106 valence electrons. The predicted octanol–water partition coefficient (Wildman–Crippen LogP) is 5.39. The lowest BCUT2D eigenvalue weighted by atomic mass is 10.00. The highest BCUT2D eigenvalue weighted by Crippen LogP contribution is 2.37. The van der Waals surface area contributed by atoms with E-state index < -0.39 is 6.61 Å². The third-order valence-corrected chi connectivity index (χ3v) is 4.25. The molecule has 0 aliphatic carbocycles. The van der Waals surface area contributed by atoms with Crippen LogP contribution in [0.4, 0.5) is 8.78 Å². The van der Waals surface area contributed by atoms with Crippen LogP contribution in [0.2, 0.25) is 0 Å². The van der Waals surface area contributed by atoms with Crippen LogP contribution in [-0.2, 0) is 0 Å². The number of ether oxygens (including phenoxy) is 1. The Morgan fingerprint density at radius 2 is 1.70 bits per heavy atom. The highest BCUT2D eigenvalue weighted by atomic mass is 79.9. The predicted molar refractivity (Wildman–Crippen MR) is 79.8 cm³/mol. The molecule has 2 aromatic rings. The first-order valence-corrected chi connectivity index (χ1v) is 7.15. The van der Waals surface area contributed by atoms with Crippen LogP contribution in [0.5, 0.6) is 5.75 Å². The van der Waals surface area contributed by atoms with Gasteiger partial charge in [-0.15, -0.1) is 0 Å². The van der Waals surface area contributed by atoms with Crippen LogP contribution in [0.3, 0.4) is 0 Å². The van der Waals surface area contributed by atoms with Crippen molar-refractivity contribution in [3.63, 3.8) is 0 Å². The van der Waals surface area contributed by atoms with Crippen LogP contribution in [0.15, 0.2) is 42.5 Å². The van der Waals surface area contributed by atoms with Crippen LogP contribution in [-0.4, -0.2) is 6.61 Å². The van der Waals surface area contributed by atoms with E-state index in [1.165, 1.54) is 11.1 Å². The van der Waals surface area contributed by atoms with Crippen molar-refractivity contribution < 1.29 is 13.5 Å². The van der Waals surface area contributed by atoms with E-state index in [4.69, 9.17) is 0 Å². The van der Waals surface area contributed by atoms with Gasteiger partial charge in [-0.25, -0.2) is 0 Å². The molecule has 2 aromatic carbocycles. The van der Waals surface area contributed by atoms with E-state index in [9.17, 15) is 8.78 Å². The molecule has 2 rings (SSSR count). The summed E-state index contributed by atoms with van der Waals surface area (Å²) >= 11 is 3.57. The molecular weight excluding hydrogens is 326 g/mol. The minimum absolute atomic E-state index is 0.184. The van der Waals surface area contributed by atoms with Gasteiger partial charge >= 0.3 is 6.61 Å². The summed E-state index contributed by atoms with van der Waals surface area (Å²) in [4.78, 5) is -0.184. The summed E-state index contributed by atoms with van der Waals surface area (Å²) in [6, 6.07) is 12.9. The first-order valence-electron chi connectivity index (χ1n) is 6.24. The lowest BCUT2D eigenvalue weighted by Gasteiger charge is -2.16. The largest absolute Gasteiger partial charge is 0.434 e. The fourth-order valence-corrected chi connectivity index (χ4v) is 2.66. The molecule has 1 nitrogen and oxygen atoms in total. The van der Waals surface area contributed by atoms with Crippen molar-refractivity contribution in [2.24, 2.45) is 0 Å². The first-order chi connectivity index (χ1) is 9.49. The minimum atomic E-state index is -2.82. The average molecular weight is 341 g/mol. The molecule has 0 amide bonds. The zero-order chi connectivity index (χ0) is 14.7. The monoisotopic (exact) mass is 340 g/mol. The Kier molecular flexibility index (Phi) is 4.76. The van der Waals surface area contributed by atoms with Gasteiger partial charge in [0.2, 0.25) is 0 Å². The zero-order valence-electron chi connectivity index (χ0n) is 11.2. The Labute approximate surface area is 125 Å². The summed E-state index contributed by atoms with van der Waals surface area (Å²) in [6.07, 6.45) is 0. The molecule has 0 radical (unpaired) electrons. The molecule has 0 aliphatic rings. The average Bonchev–Trinajstić information content (AvgIpc) is 2.41. The van der Waals surface area contributed by atoms with Gasteiger partial charge in [-0.3, -0.25) is 0 Å². The third kappa shape index (κ3) is 3.37. The maximum Gasteiger partial charge on any atom is 0.387 e. The molecule has 0 bridgehead atoms. The number of para-hydroxylation sites is 1. The van der Waals surface area contributed by atoms with Crippen molar-refractivity contribution in [1.82, 2.24) is 0 Å². The molecule has 1 atom stereocenters. The third-order valence-electron chi connectivity index (χ3n) is 3.23. The van der Waals surface area contributed by atoms with Crippen LogP contribution in [0.1, 0.15) is 27.1 Å². The van der Waals surface area contributed by atoms with Crippen molar-refractivity contribution in [3.8, 4) is 5.75 Å². The van der Waals surface area contributed by atoms with Crippen molar-refractivity contribution in [3.05, 3.63) is 64.7 Å². The SMILES string of the molecule is Cc1ccc(C(Br)c2ccccc2OC(F)F)cc1C. The molecule has 0 aromatic heterocycles. The van der Waals surface area contributed by atoms with Gasteiger partial charge in [0.25, 0.3) is 0 Å². The van der Waals surface area contributed by atoms with Gasteiger partial charge in [-0.05, 0) is 36.6 Å². The summed E-state index contributed by atoms with van der Waals surface area (Å²) in [6.45, 7) is 1.24. The molecule has 0 saturated heterocycles. The van der Waals surface area contributed by atoms with E-state index in [-0.39, 0.29) is 10.6 Å². The van der Waals surface area contributed by atoms with Crippen molar-refractivity contribution >= 4 is 15.9 Å². The Hall–Kier alpha value is -1.42. The molecule has 0 fully saturated rings. The van der Waals surface area contributed by atoms with Gasteiger partial charge in [0.05, 0.1) is 4.83 Å². The van der Waals surface area contributed by atoms with Gasteiger partial charge in [-0.1, -0.05) is 52.3 Å². The minimum Gasteiger partial charge on any atom is -0.434 e. The van der Waals surface area contributed by atoms with Crippen molar-refractivity contribution in [2.75, 3.05) is 0 Å². The van der Waals surface area contributed by atoms with E-state index >= 15 is 0 Å².